The molecular formula is C21H16N2O. The number of hydrogen-bond acceptors (Lipinski definition) is 2. The number of hydrogen-bond donors (Lipinski definition) is 1. The summed E-state index contributed by atoms with van der Waals surface area (Å²) in [5.74, 6) is 0.279. The van der Waals surface area contributed by atoms with E-state index < -0.39 is 0 Å². The van der Waals surface area contributed by atoms with Crippen LogP contribution in [0.1, 0.15) is 11.1 Å². The molecule has 0 radical (unpaired) electrons. The van der Waals surface area contributed by atoms with Crippen molar-refractivity contribution in [3.05, 3.63) is 90.3 Å². The molecule has 116 valence electrons. The second-order valence-electron chi connectivity index (χ2n) is 5.62. The van der Waals surface area contributed by atoms with Gasteiger partial charge in [-0.05, 0) is 47.5 Å². The second kappa shape index (κ2) is 6.05. The lowest BCUT2D eigenvalue weighted by atomic mass is 10.1. The fourth-order valence-electron chi connectivity index (χ4n) is 2.72. The quantitative estimate of drug-likeness (QED) is 0.546. The zero-order valence-corrected chi connectivity index (χ0v) is 13.0. The Hall–Kier alpha value is -3.33. The lowest BCUT2D eigenvalue weighted by Gasteiger charge is -2.05. The van der Waals surface area contributed by atoms with E-state index in [9.17, 15) is 5.11 Å². The minimum atomic E-state index is 0.279. The number of rotatable bonds is 3. The van der Waals surface area contributed by atoms with Gasteiger partial charge in [0.15, 0.2) is 0 Å². The van der Waals surface area contributed by atoms with E-state index in [1.165, 1.54) is 0 Å². The molecule has 0 aliphatic carbocycles. The summed E-state index contributed by atoms with van der Waals surface area (Å²) in [4.78, 5) is 4.45. The third kappa shape index (κ3) is 2.79. The molecule has 4 aromatic rings. The van der Waals surface area contributed by atoms with E-state index in [2.05, 4.69) is 39.9 Å². The first-order valence-electron chi connectivity index (χ1n) is 7.79. The number of imidazole rings is 1. The standard InChI is InChI=1S/C21H16N2O/c24-19-12-10-16(11-13-19)8-9-17-4-3-5-18(14-17)23-15-22-20-6-1-2-7-21(20)23/h1-15,24H. The summed E-state index contributed by atoms with van der Waals surface area (Å²) in [6.07, 6.45) is 5.95. The maximum atomic E-state index is 9.34. The van der Waals surface area contributed by atoms with Crippen molar-refractivity contribution in [2.24, 2.45) is 0 Å². The van der Waals surface area contributed by atoms with Crippen molar-refractivity contribution in [3.63, 3.8) is 0 Å². The van der Waals surface area contributed by atoms with Crippen LogP contribution < -0.4 is 0 Å². The van der Waals surface area contributed by atoms with E-state index in [-0.39, 0.29) is 5.75 Å². The summed E-state index contributed by atoms with van der Waals surface area (Å²) in [5.41, 5.74) is 5.32. The Bertz CT molecular complexity index is 1010. The van der Waals surface area contributed by atoms with Gasteiger partial charge in [-0.3, -0.25) is 4.57 Å². The molecule has 24 heavy (non-hydrogen) atoms. The van der Waals surface area contributed by atoms with Crippen LogP contribution >= 0.6 is 0 Å². The number of aromatic hydroxyl groups is 1. The molecule has 4 rings (SSSR count). The molecule has 3 nitrogen and oxygen atoms in total. The molecule has 0 amide bonds. The van der Waals surface area contributed by atoms with Gasteiger partial charge in [0.05, 0.1) is 11.0 Å². The van der Waals surface area contributed by atoms with Crippen molar-refractivity contribution < 1.29 is 5.11 Å². The van der Waals surface area contributed by atoms with Crippen LogP contribution in [0, 0.1) is 0 Å². The van der Waals surface area contributed by atoms with E-state index in [1.807, 2.05) is 48.8 Å². The third-order valence-electron chi connectivity index (χ3n) is 3.96. The smallest absolute Gasteiger partial charge is 0.115 e. The molecule has 0 fully saturated rings. The molecule has 3 heteroatoms. The summed E-state index contributed by atoms with van der Waals surface area (Å²) >= 11 is 0. The molecule has 1 aromatic heterocycles. The van der Waals surface area contributed by atoms with E-state index in [0.29, 0.717) is 0 Å². The first-order valence-corrected chi connectivity index (χ1v) is 7.79. The zero-order chi connectivity index (χ0) is 16.4. The van der Waals surface area contributed by atoms with Gasteiger partial charge in [0.25, 0.3) is 0 Å². The monoisotopic (exact) mass is 312 g/mol. The summed E-state index contributed by atoms with van der Waals surface area (Å²) in [5, 5.41) is 9.34. The summed E-state index contributed by atoms with van der Waals surface area (Å²) in [7, 11) is 0. The normalized spacial score (nSPS) is 11.3. The van der Waals surface area contributed by atoms with Crippen LogP contribution in [0.15, 0.2) is 79.1 Å². The molecule has 0 aliphatic heterocycles. The van der Waals surface area contributed by atoms with Crippen molar-refractivity contribution >= 4 is 23.2 Å². The highest BCUT2D eigenvalue weighted by molar-refractivity contribution is 5.78. The Morgan fingerprint density at radius 2 is 1.58 bits per heavy atom. The number of para-hydroxylation sites is 2. The Morgan fingerprint density at radius 1 is 0.792 bits per heavy atom. The first-order chi connectivity index (χ1) is 11.8. The van der Waals surface area contributed by atoms with Crippen molar-refractivity contribution in [1.29, 1.82) is 0 Å². The van der Waals surface area contributed by atoms with E-state index >= 15 is 0 Å². The minimum absolute atomic E-state index is 0.279. The highest BCUT2D eigenvalue weighted by Gasteiger charge is 2.03. The predicted octanol–water partition coefficient (Wildman–Crippen LogP) is 4.90. The SMILES string of the molecule is Oc1ccc(C=Cc2cccc(-n3cnc4ccccc43)c2)cc1. The van der Waals surface area contributed by atoms with Gasteiger partial charge in [-0.25, -0.2) is 4.98 Å². The molecule has 0 atom stereocenters. The van der Waals surface area contributed by atoms with Crippen LogP contribution in [0.25, 0.3) is 28.9 Å². The number of phenols is 1. The van der Waals surface area contributed by atoms with Gasteiger partial charge >= 0.3 is 0 Å². The van der Waals surface area contributed by atoms with Crippen molar-refractivity contribution in [2.45, 2.75) is 0 Å². The molecule has 0 aliphatic rings. The van der Waals surface area contributed by atoms with Crippen LogP contribution in [0.5, 0.6) is 5.75 Å². The van der Waals surface area contributed by atoms with Gasteiger partial charge in [0.2, 0.25) is 0 Å². The highest BCUT2D eigenvalue weighted by atomic mass is 16.3. The topological polar surface area (TPSA) is 38.0 Å². The Kier molecular flexibility index (Phi) is 3.60. The fourth-order valence-corrected chi connectivity index (χ4v) is 2.72. The molecule has 0 spiro atoms. The van der Waals surface area contributed by atoms with Gasteiger partial charge < -0.3 is 5.11 Å². The third-order valence-corrected chi connectivity index (χ3v) is 3.96. The van der Waals surface area contributed by atoms with Crippen LogP contribution in [-0.2, 0) is 0 Å². The molecule has 3 aromatic carbocycles. The second-order valence-corrected chi connectivity index (χ2v) is 5.62. The van der Waals surface area contributed by atoms with Gasteiger partial charge in [-0.15, -0.1) is 0 Å². The zero-order valence-electron chi connectivity index (χ0n) is 13.0. The van der Waals surface area contributed by atoms with Gasteiger partial charge in [-0.2, -0.15) is 0 Å². The molecule has 1 N–H and O–H groups in total. The average molecular weight is 312 g/mol. The summed E-state index contributed by atoms with van der Waals surface area (Å²) in [6.45, 7) is 0. The number of aromatic nitrogens is 2. The number of fused-ring (bicyclic) bond motifs is 1. The Balaban J connectivity index is 1.67. The molecule has 0 saturated heterocycles. The van der Waals surface area contributed by atoms with Gasteiger partial charge in [-0.1, -0.05) is 48.6 Å². The first kappa shape index (κ1) is 14.3. The number of benzene rings is 3. The fraction of sp³-hybridized carbons (Fsp3) is 0. The van der Waals surface area contributed by atoms with E-state index in [1.54, 1.807) is 12.1 Å². The van der Waals surface area contributed by atoms with Crippen LogP contribution in [0.2, 0.25) is 0 Å². The number of phenolic OH excluding ortho intramolecular Hbond substituents is 1. The number of nitrogens with zero attached hydrogens (tertiary/aromatic N) is 2. The van der Waals surface area contributed by atoms with Crippen LogP contribution in [0.3, 0.4) is 0 Å². The van der Waals surface area contributed by atoms with Gasteiger partial charge in [0, 0.05) is 5.69 Å². The summed E-state index contributed by atoms with van der Waals surface area (Å²) in [6, 6.07) is 23.6. The van der Waals surface area contributed by atoms with Gasteiger partial charge in [0.1, 0.15) is 12.1 Å². The minimum Gasteiger partial charge on any atom is -0.508 e. The Labute approximate surface area is 140 Å². The molecule has 0 saturated carbocycles. The van der Waals surface area contributed by atoms with Crippen LogP contribution in [0.4, 0.5) is 0 Å². The summed E-state index contributed by atoms with van der Waals surface area (Å²) < 4.78 is 2.09. The maximum absolute atomic E-state index is 9.34. The predicted molar refractivity (Wildman–Crippen MR) is 98.1 cm³/mol. The average Bonchev–Trinajstić information content (AvgIpc) is 3.06. The van der Waals surface area contributed by atoms with Crippen molar-refractivity contribution in [3.8, 4) is 11.4 Å². The molecule has 0 bridgehead atoms. The molecule has 1 heterocycles. The molecule has 0 unspecified atom stereocenters. The van der Waals surface area contributed by atoms with E-state index in [0.717, 1.165) is 27.8 Å². The largest absolute Gasteiger partial charge is 0.508 e. The van der Waals surface area contributed by atoms with Crippen molar-refractivity contribution in [2.75, 3.05) is 0 Å². The Morgan fingerprint density at radius 3 is 2.46 bits per heavy atom. The van der Waals surface area contributed by atoms with Crippen molar-refractivity contribution in [1.82, 2.24) is 9.55 Å². The lowest BCUT2D eigenvalue weighted by Crippen LogP contribution is -1.91. The molecular weight excluding hydrogens is 296 g/mol. The van der Waals surface area contributed by atoms with Crippen LogP contribution in [-0.4, -0.2) is 14.7 Å². The van der Waals surface area contributed by atoms with E-state index in [4.69, 9.17) is 0 Å². The lowest BCUT2D eigenvalue weighted by molar-refractivity contribution is 0.475. The highest BCUT2D eigenvalue weighted by Crippen LogP contribution is 2.20. The maximum Gasteiger partial charge on any atom is 0.115 e.